The van der Waals surface area contributed by atoms with Crippen molar-refractivity contribution in [2.75, 3.05) is 19.6 Å². The van der Waals surface area contributed by atoms with Gasteiger partial charge >= 0.3 is 0 Å². The van der Waals surface area contributed by atoms with Gasteiger partial charge in [0.05, 0.1) is 5.41 Å². The minimum absolute atomic E-state index is 0.345. The van der Waals surface area contributed by atoms with E-state index >= 15 is 0 Å². The van der Waals surface area contributed by atoms with E-state index in [1.165, 1.54) is 43.5 Å². The van der Waals surface area contributed by atoms with Crippen LogP contribution in [0.25, 0.3) is 0 Å². The van der Waals surface area contributed by atoms with E-state index in [0.717, 1.165) is 18.7 Å². The van der Waals surface area contributed by atoms with Gasteiger partial charge in [0.25, 0.3) is 0 Å². The van der Waals surface area contributed by atoms with Crippen LogP contribution in [0.2, 0.25) is 0 Å². The highest BCUT2D eigenvalue weighted by Crippen LogP contribution is 2.42. The first-order chi connectivity index (χ1) is 12.7. The second-order valence-electron chi connectivity index (χ2n) is 7.63. The molecule has 1 unspecified atom stereocenters. The molecule has 0 saturated carbocycles. The molecule has 1 aliphatic heterocycles. The number of rotatable bonds is 7. The maximum absolute atomic E-state index is 9.05. The summed E-state index contributed by atoms with van der Waals surface area (Å²) < 4.78 is 0. The number of nitrogens with zero attached hydrogens (tertiary/aromatic N) is 1. The fourth-order valence-corrected chi connectivity index (χ4v) is 4.73. The van der Waals surface area contributed by atoms with E-state index in [9.17, 15) is 0 Å². The van der Waals surface area contributed by atoms with Crippen LogP contribution in [0, 0.1) is 11.3 Å². The first-order valence-corrected chi connectivity index (χ1v) is 10.1. The Balaban J connectivity index is 2.08. The lowest BCUT2D eigenvalue weighted by Crippen LogP contribution is -2.48. The Labute approximate surface area is 158 Å². The van der Waals surface area contributed by atoms with Crippen LogP contribution >= 0.6 is 0 Å². The summed E-state index contributed by atoms with van der Waals surface area (Å²) >= 11 is 0. The molecule has 2 aromatic rings. The molecule has 0 amide bonds. The zero-order valence-corrected chi connectivity index (χ0v) is 16.2. The normalized spacial score (nSPS) is 17.0. The van der Waals surface area contributed by atoms with Crippen molar-refractivity contribution in [1.29, 1.82) is 5.41 Å². The molecule has 1 fully saturated rings. The molecular formula is C24H32N2. The maximum Gasteiger partial charge on any atom is 0.0615 e. The van der Waals surface area contributed by atoms with Crippen molar-refractivity contribution in [2.45, 2.75) is 44.9 Å². The minimum atomic E-state index is -0.352. The molecular weight excluding hydrogens is 316 g/mol. The Morgan fingerprint density at radius 1 is 0.923 bits per heavy atom. The van der Waals surface area contributed by atoms with Gasteiger partial charge in [0.15, 0.2) is 0 Å². The van der Waals surface area contributed by atoms with Gasteiger partial charge in [-0.25, -0.2) is 0 Å². The van der Waals surface area contributed by atoms with Crippen molar-refractivity contribution in [3.63, 3.8) is 0 Å². The molecule has 1 saturated heterocycles. The number of piperidine rings is 1. The van der Waals surface area contributed by atoms with Crippen molar-refractivity contribution in [3.05, 3.63) is 71.8 Å². The standard InChI is InChI=1S/C24H32N2/c1-3-23(25)24(21-13-7-4-8-14-21,22-15-9-5-10-16-22)20(2)19-26-17-11-6-12-18-26/h4-5,7-10,13-16,20,25H,3,6,11-12,17-19H2,1-2H3. The third-order valence-electron chi connectivity index (χ3n) is 6.01. The average molecular weight is 349 g/mol. The van der Waals surface area contributed by atoms with E-state index in [2.05, 4.69) is 79.4 Å². The molecule has 1 heterocycles. The SMILES string of the molecule is CCC(=N)C(c1ccccc1)(c1ccccc1)C(C)CN1CCCCC1. The summed E-state index contributed by atoms with van der Waals surface area (Å²) in [5.74, 6) is 0.345. The molecule has 0 aromatic heterocycles. The summed E-state index contributed by atoms with van der Waals surface area (Å²) in [5, 5.41) is 9.05. The van der Waals surface area contributed by atoms with Gasteiger partial charge in [-0.1, -0.05) is 80.9 Å². The van der Waals surface area contributed by atoms with Crippen LogP contribution in [0.5, 0.6) is 0 Å². The van der Waals surface area contributed by atoms with Gasteiger partial charge in [0, 0.05) is 12.3 Å². The lowest BCUT2D eigenvalue weighted by Gasteiger charge is -2.43. The third kappa shape index (κ3) is 3.61. The van der Waals surface area contributed by atoms with E-state index in [0.29, 0.717) is 5.92 Å². The van der Waals surface area contributed by atoms with E-state index in [1.54, 1.807) is 0 Å². The lowest BCUT2D eigenvalue weighted by molar-refractivity contribution is 0.184. The van der Waals surface area contributed by atoms with Crippen molar-refractivity contribution in [1.82, 2.24) is 4.90 Å². The highest BCUT2D eigenvalue weighted by Gasteiger charge is 2.43. The maximum atomic E-state index is 9.05. The Kier molecular flexibility index (Phi) is 6.26. The van der Waals surface area contributed by atoms with E-state index in [1.807, 2.05) is 0 Å². The Hall–Kier alpha value is -1.93. The molecule has 1 aliphatic rings. The first kappa shape index (κ1) is 18.8. The van der Waals surface area contributed by atoms with Crippen molar-refractivity contribution in [3.8, 4) is 0 Å². The van der Waals surface area contributed by atoms with Gasteiger partial charge in [-0.3, -0.25) is 0 Å². The van der Waals surface area contributed by atoms with E-state index < -0.39 is 0 Å². The van der Waals surface area contributed by atoms with Crippen LogP contribution in [0.15, 0.2) is 60.7 Å². The minimum Gasteiger partial charge on any atom is -0.308 e. The molecule has 1 atom stereocenters. The monoisotopic (exact) mass is 348 g/mol. The summed E-state index contributed by atoms with van der Waals surface area (Å²) in [5.41, 5.74) is 2.97. The second kappa shape index (κ2) is 8.64. The summed E-state index contributed by atoms with van der Waals surface area (Å²) in [4.78, 5) is 2.61. The third-order valence-corrected chi connectivity index (χ3v) is 6.01. The zero-order valence-electron chi connectivity index (χ0n) is 16.2. The number of likely N-dealkylation sites (tertiary alicyclic amines) is 1. The number of nitrogens with one attached hydrogen (secondary N) is 1. The predicted octanol–water partition coefficient (Wildman–Crippen LogP) is 5.52. The van der Waals surface area contributed by atoms with Gasteiger partial charge in [-0.05, 0) is 49.4 Å². The van der Waals surface area contributed by atoms with Crippen LogP contribution in [-0.2, 0) is 5.41 Å². The molecule has 0 spiro atoms. The number of hydrogen-bond donors (Lipinski definition) is 1. The molecule has 3 rings (SSSR count). The van der Waals surface area contributed by atoms with Crippen LogP contribution in [-0.4, -0.2) is 30.2 Å². The summed E-state index contributed by atoms with van der Waals surface area (Å²) in [7, 11) is 0. The van der Waals surface area contributed by atoms with Crippen LogP contribution in [0.4, 0.5) is 0 Å². The molecule has 1 N–H and O–H groups in total. The first-order valence-electron chi connectivity index (χ1n) is 10.1. The molecule has 0 aliphatic carbocycles. The largest absolute Gasteiger partial charge is 0.308 e. The van der Waals surface area contributed by atoms with Crippen LogP contribution in [0.1, 0.15) is 50.7 Å². The highest BCUT2D eigenvalue weighted by molar-refractivity contribution is 5.96. The molecule has 2 heteroatoms. The smallest absolute Gasteiger partial charge is 0.0615 e. The van der Waals surface area contributed by atoms with Crippen LogP contribution in [0.3, 0.4) is 0 Å². The van der Waals surface area contributed by atoms with Crippen molar-refractivity contribution in [2.24, 2.45) is 5.92 Å². The van der Waals surface area contributed by atoms with E-state index in [4.69, 9.17) is 5.41 Å². The molecule has 2 nitrogen and oxygen atoms in total. The van der Waals surface area contributed by atoms with Crippen molar-refractivity contribution >= 4 is 5.71 Å². The number of benzene rings is 2. The van der Waals surface area contributed by atoms with Gasteiger partial charge in [0.1, 0.15) is 0 Å². The summed E-state index contributed by atoms with van der Waals surface area (Å²) in [6.07, 6.45) is 4.75. The fraction of sp³-hybridized carbons (Fsp3) is 0.458. The predicted molar refractivity (Wildman–Crippen MR) is 111 cm³/mol. The molecule has 2 aromatic carbocycles. The summed E-state index contributed by atoms with van der Waals surface area (Å²) in [6.45, 7) is 7.91. The lowest BCUT2D eigenvalue weighted by atomic mass is 9.62. The molecule has 0 radical (unpaired) electrons. The highest BCUT2D eigenvalue weighted by atomic mass is 15.1. The van der Waals surface area contributed by atoms with Gasteiger partial charge in [0.2, 0.25) is 0 Å². The van der Waals surface area contributed by atoms with E-state index in [-0.39, 0.29) is 5.41 Å². The van der Waals surface area contributed by atoms with Crippen LogP contribution < -0.4 is 0 Å². The average Bonchev–Trinajstić information content (AvgIpc) is 2.71. The Morgan fingerprint density at radius 2 is 1.42 bits per heavy atom. The van der Waals surface area contributed by atoms with Gasteiger partial charge in [-0.2, -0.15) is 0 Å². The molecule has 138 valence electrons. The molecule has 26 heavy (non-hydrogen) atoms. The quantitative estimate of drug-likeness (QED) is 0.655. The Morgan fingerprint density at radius 3 is 1.88 bits per heavy atom. The zero-order chi connectivity index (χ0) is 18.4. The second-order valence-corrected chi connectivity index (χ2v) is 7.63. The topological polar surface area (TPSA) is 27.1 Å². The van der Waals surface area contributed by atoms with Gasteiger partial charge in [-0.15, -0.1) is 0 Å². The van der Waals surface area contributed by atoms with Gasteiger partial charge < -0.3 is 10.3 Å². The van der Waals surface area contributed by atoms with Crippen molar-refractivity contribution < 1.29 is 0 Å². The number of hydrogen-bond acceptors (Lipinski definition) is 2. The summed E-state index contributed by atoms with van der Waals surface area (Å²) in [6, 6.07) is 21.5. The Bertz CT molecular complexity index is 647. The molecule has 0 bridgehead atoms. The fourth-order valence-electron chi connectivity index (χ4n) is 4.73.